The fraction of sp³-hybridized carbons (Fsp3) is 0.500. The molecule has 0 bridgehead atoms. The Hall–Kier alpha value is -2.51. The van der Waals surface area contributed by atoms with E-state index < -0.39 is 0 Å². The van der Waals surface area contributed by atoms with Gasteiger partial charge in [-0.1, -0.05) is 0 Å². The minimum atomic E-state index is 0.719. The first-order valence-corrected chi connectivity index (χ1v) is 7.21. The average Bonchev–Trinajstić information content (AvgIpc) is 3.05. The molecule has 116 valence electrons. The molecule has 0 radical (unpaired) electrons. The molecule has 0 amide bonds. The summed E-state index contributed by atoms with van der Waals surface area (Å²) in [5.74, 6) is 2.44. The van der Waals surface area contributed by atoms with Gasteiger partial charge in [-0.05, 0) is 13.8 Å². The Morgan fingerprint density at radius 1 is 1.09 bits per heavy atom. The van der Waals surface area contributed by atoms with Crippen LogP contribution in [0, 0.1) is 13.8 Å². The van der Waals surface area contributed by atoms with E-state index in [0.717, 1.165) is 47.5 Å². The first-order valence-electron chi connectivity index (χ1n) is 7.21. The lowest BCUT2D eigenvalue weighted by molar-refractivity contribution is 0.682. The number of hydrogen-bond acceptors (Lipinski definition) is 6. The number of nitrogens with zero attached hydrogens (tertiary/aromatic N) is 8. The second-order valence-electron chi connectivity index (χ2n) is 5.59. The predicted octanol–water partition coefficient (Wildman–Crippen LogP) is 0.721. The standard InChI is InChI=1S/C14H20N8/c1-9-8-15-10(2)13-16-11(18-22(9)13)6-7-12-17-14(20(3)4)19-21(12)5/h8H,6-7H2,1-5H3. The van der Waals surface area contributed by atoms with E-state index in [1.165, 1.54) is 0 Å². The van der Waals surface area contributed by atoms with Crippen molar-refractivity contribution in [3.8, 4) is 0 Å². The summed E-state index contributed by atoms with van der Waals surface area (Å²) in [5, 5.41) is 8.93. The van der Waals surface area contributed by atoms with Gasteiger partial charge in [-0.2, -0.15) is 10.1 Å². The van der Waals surface area contributed by atoms with Crippen LogP contribution in [0.2, 0.25) is 0 Å². The van der Waals surface area contributed by atoms with Crippen LogP contribution in [0.15, 0.2) is 6.20 Å². The van der Waals surface area contributed by atoms with E-state index in [4.69, 9.17) is 0 Å². The SMILES string of the molecule is Cc1ncc(C)n2nc(CCc3nc(N(C)C)nn3C)nc12. The molecule has 3 rings (SSSR count). The molecule has 0 aromatic carbocycles. The maximum absolute atomic E-state index is 4.58. The van der Waals surface area contributed by atoms with Gasteiger partial charge >= 0.3 is 0 Å². The van der Waals surface area contributed by atoms with E-state index in [9.17, 15) is 0 Å². The number of rotatable bonds is 4. The molecule has 22 heavy (non-hydrogen) atoms. The molecule has 0 aliphatic carbocycles. The Morgan fingerprint density at radius 3 is 2.50 bits per heavy atom. The summed E-state index contributed by atoms with van der Waals surface area (Å²) in [7, 11) is 5.77. The van der Waals surface area contributed by atoms with Crippen LogP contribution in [0.5, 0.6) is 0 Å². The van der Waals surface area contributed by atoms with Gasteiger partial charge in [0, 0.05) is 40.2 Å². The summed E-state index contributed by atoms with van der Waals surface area (Å²) in [6, 6.07) is 0. The molecule has 0 saturated heterocycles. The van der Waals surface area contributed by atoms with Crippen molar-refractivity contribution in [2.24, 2.45) is 7.05 Å². The van der Waals surface area contributed by atoms with Crippen molar-refractivity contribution in [1.82, 2.24) is 34.3 Å². The third-order valence-corrected chi connectivity index (χ3v) is 3.57. The molecule has 8 heteroatoms. The summed E-state index contributed by atoms with van der Waals surface area (Å²) in [6.07, 6.45) is 3.28. The molecule has 3 heterocycles. The van der Waals surface area contributed by atoms with Gasteiger partial charge in [-0.15, -0.1) is 5.10 Å². The molecule has 3 aromatic rings. The van der Waals surface area contributed by atoms with Crippen molar-refractivity contribution in [1.29, 1.82) is 0 Å². The van der Waals surface area contributed by atoms with E-state index in [-0.39, 0.29) is 0 Å². The zero-order valence-electron chi connectivity index (χ0n) is 13.6. The van der Waals surface area contributed by atoms with Crippen LogP contribution in [0.3, 0.4) is 0 Å². The number of aromatic nitrogens is 7. The monoisotopic (exact) mass is 300 g/mol. The molecule has 0 N–H and O–H groups in total. The average molecular weight is 300 g/mol. The van der Waals surface area contributed by atoms with Crippen LogP contribution in [0.1, 0.15) is 23.0 Å². The van der Waals surface area contributed by atoms with Gasteiger partial charge in [-0.25, -0.2) is 9.50 Å². The quantitative estimate of drug-likeness (QED) is 0.706. The second kappa shape index (κ2) is 5.36. The Morgan fingerprint density at radius 2 is 1.86 bits per heavy atom. The van der Waals surface area contributed by atoms with Crippen LogP contribution in [0.4, 0.5) is 5.95 Å². The van der Waals surface area contributed by atoms with E-state index in [1.54, 1.807) is 0 Å². The number of anilines is 1. The van der Waals surface area contributed by atoms with Gasteiger partial charge in [0.1, 0.15) is 5.82 Å². The third-order valence-electron chi connectivity index (χ3n) is 3.57. The summed E-state index contributed by atoms with van der Waals surface area (Å²) >= 11 is 0. The Labute approximate surface area is 128 Å². The van der Waals surface area contributed by atoms with Gasteiger partial charge in [-0.3, -0.25) is 9.67 Å². The zero-order chi connectivity index (χ0) is 15.9. The highest BCUT2D eigenvalue weighted by Gasteiger charge is 2.12. The van der Waals surface area contributed by atoms with Crippen molar-refractivity contribution < 1.29 is 0 Å². The summed E-state index contributed by atoms with van der Waals surface area (Å²) in [6.45, 7) is 3.92. The molecule has 3 aromatic heterocycles. The van der Waals surface area contributed by atoms with E-state index in [2.05, 4.69) is 25.1 Å². The fourth-order valence-electron chi connectivity index (χ4n) is 2.28. The van der Waals surface area contributed by atoms with Gasteiger partial charge in [0.2, 0.25) is 5.95 Å². The van der Waals surface area contributed by atoms with Crippen molar-refractivity contribution in [2.75, 3.05) is 19.0 Å². The lowest BCUT2D eigenvalue weighted by Crippen LogP contribution is -2.10. The largest absolute Gasteiger partial charge is 0.346 e. The van der Waals surface area contributed by atoms with Crippen molar-refractivity contribution in [3.63, 3.8) is 0 Å². The Bertz CT molecular complexity index is 775. The van der Waals surface area contributed by atoms with Crippen LogP contribution in [-0.4, -0.2) is 48.4 Å². The zero-order valence-corrected chi connectivity index (χ0v) is 13.6. The molecule has 8 nitrogen and oxygen atoms in total. The number of hydrogen-bond donors (Lipinski definition) is 0. The number of fused-ring (bicyclic) bond motifs is 1. The molecule has 0 unspecified atom stereocenters. The molecule has 0 aliphatic rings. The van der Waals surface area contributed by atoms with Crippen molar-refractivity contribution in [2.45, 2.75) is 26.7 Å². The predicted molar refractivity (Wildman–Crippen MR) is 83.0 cm³/mol. The van der Waals surface area contributed by atoms with E-state index >= 15 is 0 Å². The highest BCUT2D eigenvalue weighted by Crippen LogP contribution is 2.11. The lowest BCUT2D eigenvalue weighted by Gasteiger charge is -2.03. The highest BCUT2D eigenvalue weighted by atomic mass is 15.4. The van der Waals surface area contributed by atoms with Crippen LogP contribution < -0.4 is 4.90 Å². The van der Waals surface area contributed by atoms with Crippen molar-refractivity contribution in [3.05, 3.63) is 29.2 Å². The van der Waals surface area contributed by atoms with Gasteiger partial charge < -0.3 is 4.90 Å². The van der Waals surface area contributed by atoms with Crippen LogP contribution in [-0.2, 0) is 19.9 Å². The maximum Gasteiger partial charge on any atom is 0.244 e. The molecule has 0 aliphatic heterocycles. The fourth-order valence-corrected chi connectivity index (χ4v) is 2.28. The Balaban J connectivity index is 1.82. The second-order valence-corrected chi connectivity index (χ2v) is 5.59. The van der Waals surface area contributed by atoms with Gasteiger partial charge in [0.15, 0.2) is 11.5 Å². The first kappa shape index (κ1) is 14.4. The highest BCUT2D eigenvalue weighted by molar-refractivity contribution is 5.43. The van der Waals surface area contributed by atoms with Gasteiger partial charge in [0.05, 0.1) is 11.4 Å². The normalized spacial score (nSPS) is 11.3. The van der Waals surface area contributed by atoms with Crippen LogP contribution >= 0.6 is 0 Å². The van der Waals surface area contributed by atoms with E-state index in [0.29, 0.717) is 0 Å². The molecule has 0 saturated carbocycles. The minimum Gasteiger partial charge on any atom is -0.346 e. The van der Waals surface area contributed by atoms with Gasteiger partial charge in [0.25, 0.3) is 0 Å². The summed E-state index contributed by atoms with van der Waals surface area (Å²) < 4.78 is 3.66. The lowest BCUT2D eigenvalue weighted by atomic mass is 10.3. The van der Waals surface area contributed by atoms with E-state index in [1.807, 2.05) is 55.3 Å². The third kappa shape index (κ3) is 2.51. The minimum absolute atomic E-state index is 0.719. The Kier molecular flexibility index (Phi) is 3.51. The van der Waals surface area contributed by atoms with Crippen molar-refractivity contribution >= 4 is 11.6 Å². The molecule has 0 atom stereocenters. The summed E-state index contributed by atoms with van der Waals surface area (Å²) in [4.78, 5) is 15.3. The maximum atomic E-state index is 4.58. The smallest absolute Gasteiger partial charge is 0.244 e. The summed E-state index contributed by atoms with van der Waals surface area (Å²) in [5.41, 5.74) is 2.69. The van der Waals surface area contributed by atoms with Crippen LogP contribution in [0.25, 0.3) is 5.65 Å². The topological polar surface area (TPSA) is 77.0 Å². The molecular formula is C14H20N8. The first-order chi connectivity index (χ1) is 10.5. The molecule has 0 fully saturated rings. The molecule has 0 spiro atoms. The molecular weight excluding hydrogens is 280 g/mol. The number of aryl methyl sites for hydroxylation is 5.